The number of hydrogen-bond donors (Lipinski definition) is 3. The number of aromatic nitrogens is 2. The Bertz CT molecular complexity index is 1320. The second kappa shape index (κ2) is 9.55. The maximum atomic E-state index is 13.1. The Morgan fingerprint density at radius 3 is 2.11 bits per heavy atom. The molecule has 0 radical (unpaired) electrons. The first-order valence-corrected chi connectivity index (χ1v) is 14.7. The highest BCUT2D eigenvalue weighted by molar-refractivity contribution is 5.98. The van der Waals surface area contributed by atoms with Crippen LogP contribution in [-0.2, 0) is 0 Å². The van der Waals surface area contributed by atoms with Gasteiger partial charge in [0.2, 0.25) is 0 Å². The van der Waals surface area contributed by atoms with E-state index in [1.54, 1.807) is 0 Å². The molecule has 6 heteroatoms. The number of hydrogen-bond acceptors (Lipinski definition) is 3. The zero-order valence-corrected chi connectivity index (χ0v) is 22.2. The Balaban J connectivity index is 1.02. The highest BCUT2D eigenvalue weighted by atomic mass is 16.2. The molecule has 8 rings (SSSR count). The number of carbonyl (C=O) groups excluding carboxylic acids is 2. The molecule has 0 saturated heterocycles. The Morgan fingerprint density at radius 2 is 1.42 bits per heavy atom. The molecule has 0 unspecified atom stereocenters. The van der Waals surface area contributed by atoms with E-state index in [0.29, 0.717) is 29.0 Å². The van der Waals surface area contributed by atoms with E-state index in [1.165, 1.54) is 44.9 Å². The van der Waals surface area contributed by atoms with Gasteiger partial charge in [-0.2, -0.15) is 0 Å². The molecule has 6 nitrogen and oxygen atoms in total. The van der Waals surface area contributed by atoms with E-state index in [1.807, 2.05) is 42.5 Å². The van der Waals surface area contributed by atoms with Crippen LogP contribution in [-0.4, -0.2) is 33.9 Å². The maximum absolute atomic E-state index is 13.1. The highest BCUT2D eigenvalue weighted by Crippen LogP contribution is 2.53. The van der Waals surface area contributed by atoms with Crippen molar-refractivity contribution in [3.63, 3.8) is 0 Å². The molecule has 2 amide bonds. The number of nitrogens with zero attached hydrogens (tertiary/aromatic N) is 1. The van der Waals surface area contributed by atoms with E-state index in [9.17, 15) is 9.59 Å². The third-order valence-electron chi connectivity index (χ3n) is 10.0. The van der Waals surface area contributed by atoms with Crippen molar-refractivity contribution >= 4 is 22.8 Å². The van der Waals surface area contributed by atoms with Crippen molar-refractivity contribution in [2.24, 2.45) is 29.6 Å². The molecule has 0 atom stereocenters. The van der Waals surface area contributed by atoms with Crippen molar-refractivity contribution < 1.29 is 9.59 Å². The van der Waals surface area contributed by atoms with Crippen molar-refractivity contribution in [2.75, 3.05) is 0 Å². The second-order valence-corrected chi connectivity index (χ2v) is 12.8. The van der Waals surface area contributed by atoms with Crippen molar-refractivity contribution in [1.82, 2.24) is 20.6 Å². The minimum atomic E-state index is -0.0227. The molecule has 5 aliphatic carbocycles. The largest absolute Gasteiger partial charge is 0.349 e. The van der Waals surface area contributed by atoms with E-state index < -0.39 is 0 Å². The molecule has 2 aromatic carbocycles. The zero-order valence-electron chi connectivity index (χ0n) is 22.2. The minimum absolute atomic E-state index is 0.0227. The molecule has 5 fully saturated rings. The molecular weight excluding hydrogens is 472 g/mol. The second-order valence-electron chi connectivity index (χ2n) is 12.8. The molecule has 38 heavy (non-hydrogen) atoms. The van der Waals surface area contributed by atoms with E-state index in [4.69, 9.17) is 4.98 Å². The first-order chi connectivity index (χ1) is 18.5. The van der Waals surface area contributed by atoms with Gasteiger partial charge in [-0.25, -0.2) is 4.98 Å². The molecule has 3 N–H and O–H groups in total. The summed E-state index contributed by atoms with van der Waals surface area (Å²) in [6.45, 7) is 2.28. The lowest BCUT2D eigenvalue weighted by Crippen LogP contribution is -2.55. The lowest BCUT2D eigenvalue weighted by Gasteiger charge is -2.54. The molecule has 3 aromatic rings. The Hall–Kier alpha value is -3.15. The molecule has 4 bridgehead atoms. The van der Waals surface area contributed by atoms with Gasteiger partial charge in [-0.3, -0.25) is 9.59 Å². The van der Waals surface area contributed by atoms with Gasteiger partial charge >= 0.3 is 0 Å². The first kappa shape index (κ1) is 23.9. The van der Waals surface area contributed by atoms with Gasteiger partial charge in [0.25, 0.3) is 11.8 Å². The average molecular weight is 511 g/mol. The summed E-state index contributed by atoms with van der Waals surface area (Å²) in [6.07, 6.45) is 11.1. The molecule has 0 spiro atoms. The molecule has 5 saturated carbocycles. The lowest BCUT2D eigenvalue weighted by molar-refractivity contribution is -0.0119. The summed E-state index contributed by atoms with van der Waals surface area (Å²) in [7, 11) is 0. The molecule has 1 aromatic heterocycles. The van der Waals surface area contributed by atoms with Crippen LogP contribution < -0.4 is 10.6 Å². The third-order valence-corrected chi connectivity index (χ3v) is 10.0. The normalized spacial score (nSPS) is 31.9. The summed E-state index contributed by atoms with van der Waals surface area (Å²) in [5.74, 6) is 4.67. The fraction of sp³-hybridized carbons (Fsp3) is 0.531. The number of imidazole rings is 1. The molecule has 1 heterocycles. The summed E-state index contributed by atoms with van der Waals surface area (Å²) in [5, 5.41) is 6.61. The Kier molecular flexibility index (Phi) is 6.01. The van der Waals surface area contributed by atoms with Gasteiger partial charge in [0.1, 0.15) is 5.82 Å². The van der Waals surface area contributed by atoms with Crippen LogP contribution in [0.15, 0.2) is 42.5 Å². The van der Waals surface area contributed by atoms with Crippen molar-refractivity contribution in [1.29, 1.82) is 0 Å². The number of nitrogens with one attached hydrogen (secondary N) is 3. The minimum Gasteiger partial charge on any atom is -0.349 e. The maximum Gasteiger partial charge on any atom is 0.251 e. The monoisotopic (exact) mass is 510 g/mol. The van der Waals surface area contributed by atoms with Crippen molar-refractivity contribution in [3.05, 3.63) is 53.6 Å². The number of benzene rings is 2. The summed E-state index contributed by atoms with van der Waals surface area (Å²) in [5.41, 5.74) is 3.94. The molecule has 0 aliphatic heterocycles. The molecular formula is C32H38N4O2. The van der Waals surface area contributed by atoms with Crippen LogP contribution in [0, 0.1) is 29.6 Å². The quantitative estimate of drug-likeness (QED) is 0.388. The SMILES string of the molecule is CC1CCC(NC(=O)c2ccc3[nH]c(-c4ccc(C(=O)NC5C6C[C@H]7C[C@@H](C6)C[C@@H]5C7)cc4)nc3c2)CC1. The van der Waals surface area contributed by atoms with E-state index >= 15 is 0 Å². The van der Waals surface area contributed by atoms with Crippen molar-refractivity contribution in [2.45, 2.75) is 76.8 Å². The number of aromatic amines is 1. The molecule has 5 aliphatic rings. The van der Waals surface area contributed by atoms with Crippen LogP contribution in [0.3, 0.4) is 0 Å². The van der Waals surface area contributed by atoms with E-state index in [0.717, 1.165) is 53.0 Å². The van der Waals surface area contributed by atoms with Crippen molar-refractivity contribution in [3.8, 4) is 11.4 Å². The standard InChI is InChI=1S/C32H38N4O2/c1-18-2-9-26(10-3-18)33-32(38)23-8-11-27-28(17-23)35-30(34-27)21-4-6-22(7-5-21)31(37)36-29-24-13-19-12-20(15-24)16-25(29)14-19/h4-8,11,17-20,24-26,29H,2-3,9-10,12-16H2,1H3,(H,33,38)(H,34,35)(H,36,37)/t18?,19-,20+,24-,25?,26?,29?. The topological polar surface area (TPSA) is 86.9 Å². The van der Waals surface area contributed by atoms with Crippen LogP contribution >= 0.6 is 0 Å². The van der Waals surface area contributed by atoms with Gasteiger partial charge in [-0.1, -0.05) is 19.1 Å². The zero-order chi connectivity index (χ0) is 25.8. The smallest absolute Gasteiger partial charge is 0.251 e. The summed E-state index contributed by atoms with van der Waals surface area (Å²) in [6, 6.07) is 14.0. The number of rotatable bonds is 5. The van der Waals surface area contributed by atoms with Gasteiger partial charge in [-0.05, 0) is 118 Å². The van der Waals surface area contributed by atoms with Gasteiger partial charge in [-0.15, -0.1) is 0 Å². The Labute approximate surface area is 224 Å². The number of fused-ring (bicyclic) bond motifs is 1. The van der Waals surface area contributed by atoms with Crippen LogP contribution in [0.25, 0.3) is 22.4 Å². The number of carbonyl (C=O) groups is 2. The van der Waals surface area contributed by atoms with E-state index in [2.05, 4.69) is 22.5 Å². The van der Waals surface area contributed by atoms with Crippen LogP contribution in [0.5, 0.6) is 0 Å². The summed E-state index contributed by atoms with van der Waals surface area (Å²) < 4.78 is 0. The van der Waals surface area contributed by atoms with Crippen LogP contribution in [0.4, 0.5) is 0 Å². The number of H-pyrrole nitrogens is 1. The van der Waals surface area contributed by atoms with Gasteiger partial charge in [0, 0.05) is 28.8 Å². The predicted molar refractivity (Wildman–Crippen MR) is 149 cm³/mol. The number of amides is 2. The Morgan fingerprint density at radius 1 is 0.789 bits per heavy atom. The fourth-order valence-corrected chi connectivity index (χ4v) is 8.13. The van der Waals surface area contributed by atoms with E-state index in [-0.39, 0.29) is 17.9 Å². The van der Waals surface area contributed by atoms with Gasteiger partial charge in [0.05, 0.1) is 11.0 Å². The van der Waals surface area contributed by atoms with Gasteiger partial charge in [0.15, 0.2) is 0 Å². The summed E-state index contributed by atoms with van der Waals surface area (Å²) in [4.78, 5) is 34.1. The summed E-state index contributed by atoms with van der Waals surface area (Å²) >= 11 is 0. The fourth-order valence-electron chi connectivity index (χ4n) is 8.13. The lowest BCUT2D eigenvalue weighted by atomic mass is 9.54. The average Bonchev–Trinajstić information content (AvgIpc) is 3.35. The predicted octanol–water partition coefficient (Wildman–Crippen LogP) is 6.09. The highest BCUT2D eigenvalue weighted by Gasteiger charge is 2.48. The third kappa shape index (κ3) is 4.52. The van der Waals surface area contributed by atoms with Crippen LogP contribution in [0.1, 0.15) is 85.4 Å². The first-order valence-electron chi connectivity index (χ1n) is 14.7. The van der Waals surface area contributed by atoms with Crippen LogP contribution in [0.2, 0.25) is 0 Å². The molecule has 198 valence electrons. The van der Waals surface area contributed by atoms with Gasteiger partial charge < -0.3 is 15.6 Å².